The molecule has 0 aliphatic carbocycles. The van der Waals surface area contributed by atoms with E-state index < -0.39 is 10.0 Å². The van der Waals surface area contributed by atoms with Crippen LogP contribution < -0.4 is 5.32 Å². The van der Waals surface area contributed by atoms with Crippen LogP contribution >= 0.6 is 0 Å². The normalized spacial score (nSPS) is 12.6. The molecule has 0 saturated carbocycles. The molecule has 1 aromatic rings. The quantitative estimate of drug-likeness (QED) is 0.841. The number of benzene rings is 1. The molecule has 114 valence electrons. The van der Waals surface area contributed by atoms with Gasteiger partial charge in [-0.15, -0.1) is 0 Å². The Bertz CT molecular complexity index is 524. The maximum atomic E-state index is 12.5. The Morgan fingerprint density at radius 1 is 1.20 bits per heavy atom. The minimum absolute atomic E-state index is 0.306. The molecule has 0 saturated heterocycles. The third kappa shape index (κ3) is 4.89. The van der Waals surface area contributed by atoms with Gasteiger partial charge in [-0.25, -0.2) is 12.7 Å². The molecule has 1 rings (SSSR count). The molecule has 0 fully saturated rings. The standard InChI is InChI=1S/C15H26N2O2S/c1-12(2)11-17(5)20(18,19)15-8-6-7-14(9-15)10-16-13(3)4/h6-9,12-13,16H,10-11H2,1-5H3. The zero-order chi connectivity index (χ0) is 15.3. The molecule has 0 radical (unpaired) electrons. The molecule has 0 amide bonds. The fraction of sp³-hybridized carbons (Fsp3) is 0.600. The summed E-state index contributed by atoms with van der Waals surface area (Å²) in [6.45, 7) is 9.35. The summed E-state index contributed by atoms with van der Waals surface area (Å²) in [4.78, 5) is 0.365. The van der Waals surface area contributed by atoms with E-state index in [1.165, 1.54) is 4.31 Å². The molecule has 0 atom stereocenters. The largest absolute Gasteiger partial charge is 0.310 e. The summed E-state index contributed by atoms with van der Waals surface area (Å²) in [5.74, 6) is 0.306. The van der Waals surface area contributed by atoms with Gasteiger partial charge in [0.15, 0.2) is 0 Å². The highest BCUT2D eigenvalue weighted by Crippen LogP contribution is 2.17. The Hall–Kier alpha value is -0.910. The lowest BCUT2D eigenvalue weighted by atomic mass is 10.2. The summed E-state index contributed by atoms with van der Waals surface area (Å²) in [7, 11) is -1.76. The molecule has 0 aliphatic heterocycles. The van der Waals surface area contributed by atoms with Crippen molar-refractivity contribution in [1.82, 2.24) is 9.62 Å². The maximum absolute atomic E-state index is 12.5. The number of hydrogen-bond donors (Lipinski definition) is 1. The van der Waals surface area contributed by atoms with E-state index in [1.807, 2.05) is 19.9 Å². The van der Waals surface area contributed by atoms with Crippen LogP contribution in [-0.4, -0.2) is 32.4 Å². The highest BCUT2D eigenvalue weighted by molar-refractivity contribution is 7.89. The van der Waals surface area contributed by atoms with E-state index in [1.54, 1.807) is 25.2 Å². The van der Waals surface area contributed by atoms with Gasteiger partial charge in [-0.1, -0.05) is 39.8 Å². The molecular formula is C15H26N2O2S. The Balaban J connectivity index is 2.92. The van der Waals surface area contributed by atoms with Gasteiger partial charge >= 0.3 is 0 Å². The van der Waals surface area contributed by atoms with Crippen molar-refractivity contribution in [3.63, 3.8) is 0 Å². The van der Waals surface area contributed by atoms with E-state index in [9.17, 15) is 8.42 Å². The SMILES string of the molecule is CC(C)CN(C)S(=O)(=O)c1cccc(CNC(C)C)c1. The van der Waals surface area contributed by atoms with Crippen LogP contribution in [0.15, 0.2) is 29.2 Å². The number of nitrogens with one attached hydrogen (secondary N) is 1. The van der Waals surface area contributed by atoms with E-state index in [4.69, 9.17) is 0 Å². The average Bonchev–Trinajstić information content (AvgIpc) is 2.35. The van der Waals surface area contributed by atoms with E-state index in [2.05, 4.69) is 19.2 Å². The third-order valence-electron chi connectivity index (χ3n) is 2.94. The topological polar surface area (TPSA) is 49.4 Å². The molecule has 4 nitrogen and oxygen atoms in total. The number of sulfonamides is 1. The monoisotopic (exact) mass is 298 g/mol. The molecule has 20 heavy (non-hydrogen) atoms. The Morgan fingerprint density at radius 3 is 2.40 bits per heavy atom. The highest BCUT2D eigenvalue weighted by Gasteiger charge is 2.21. The third-order valence-corrected chi connectivity index (χ3v) is 4.76. The van der Waals surface area contributed by atoms with E-state index in [-0.39, 0.29) is 0 Å². The van der Waals surface area contributed by atoms with Gasteiger partial charge in [0.1, 0.15) is 0 Å². The first kappa shape index (κ1) is 17.1. The second kappa shape index (κ2) is 7.20. The molecule has 1 N–H and O–H groups in total. The van der Waals surface area contributed by atoms with Crippen LogP contribution in [0.2, 0.25) is 0 Å². The van der Waals surface area contributed by atoms with Crippen molar-refractivity contribution < 1.29 is 8.42 Å². The molecule has 5 heteroatoms. The van der Waals surface area contributed by atoms with Crippen molar-refractivity contribution in [2.45, 2.75) is 45.2 Å². The van der Waals surface area contributed by atoms with Crippen molar-refractivity contribution in [2.75, 3.05) is 13.6 Å². The molecule has 0 aromatic heterocycles. The molecule has 0 bridgehead atoms. The minimum Gasteiger partial charge on any atom is -0.310 e. The second-order valence-corrected chi connectivity index (χ2v) is 7.91. The molecule has 1 aromatic carbocycles. The predicted molar refractivity (Wildman–Crippen MR) is 83.1 cm³/mol. The predicted octanol–water partition coefficient (Wildman–Crippen LogP) is 2.46. The number of rotatable bonds is 7. The van der Waals surface area contributed by atoms with Gasteiger partial charge < -0.3 is 5.32 Å². The Kier molecular flexibility index (Phi) is 6.17. The smallest absolute Gasteiger partial charge is 0.242 e. The fourth-order valence-electron chi connectivity index (χ4n) is 1.93. The van der Waals surface area contributed by atoms with Crippen LogP contribution in [0.5, 0.6) is 0 Å². The first-order valence-corrected chi connectivity index (χ1v) is 8.46. The molecule has 0 spiro atoms. The van der Waals surface area contributed by atoms with Crippen LogP contribution in [0.25, 0.3) is 0 Å². The molecule has 0 unspecified atom stereocenters. The van der Waals surface area contributed by atoms with Crippen molar-refractivity contribution in [3.05, 3.63) is 29.8 Å². The summed E-state index contributed by atoms with van der Waals surface area (Å²) < 4.78 is 26.4. The zero-order valence-corrected chi connectivity index (χ0v) is 13.9. The summed E-state index contributed by atoms with van der Waals surface area (Å²) >= 11 is 0. The van der Waals surface area contributed by atoms with Crippen LogP contribution in [0.3, 0.4) is 0 Å². The van der Waals surface area contributed by atoms with Crippen molar-refractivity contribution in [1.29, 1.82) is 0 Å². The van der Waals surface area contributed by atoms with Gasteiger partial charge in [-0.2, -0.15) is 0 Å². The lowest BCUT2D eigenvalue weighted by molar-refractivity contribution is 0.417. The van der Waals surface area contributed by atoms with Gasteiger partial charge in [0.25, 0.3) is 0 Å². The van der Waals surface area contributed by atoms with Crippen molar-refractivity contribution in [3.8, 4) is 0 Å². The van der Waals surface area contributed by atoms with E-state index >= 15 is 0 Å². The maximum Gasteiger partial charge on any atom is 0.242 e. The zero-order valence-electron chi connectivity index (χ0n) is 13.1. The summed E-state index contributed by atoms with van der Waals surface area (Å²) in [6.07, 6.45) is 0. The van der Waals surface area contributed by atoms with Gasteiger partial charge in [0.2, 0.25) is 10.0 Å². The average molecular weight is 298 g/mol. The fourth-order valence-corrected chi connectivity index (χ4v) is 3.34. The lowest BCUT2D eigenvalue weighted by Gasteiger charge is -2.19. The van der Waals surface area contributed by atoms with Gasteiger partial charge in [-0.3, -0.25) is 0 Å². The lowest BCUT2D eigenvalue weighted by Crippen LogP contribution is -2.30. The van der Waals surface area contributed by atoms with Crippen LogP contribution in [0.1, 0.15) is 33.3 Å². The summed E-state index contributed by atoms with van der Waals surface area (Å²) in [5, 5.41) is 3.29. The number of nitrogens with zero attached hydrogens (tertiary/aromatic N) is 1. The van der Waals surface area contributed by atoms with Gasteiger partial charge in [0, 0.05) is 26.2 Å². The van der Waals surface area contributed by atoms with Crippen molar-refractivity contribution >= 4 is 10.0 Å². The van der Waals surface area contributed by atoms with Crippen LogP contribution in [0, 0.1) is 5.92 Å². The highest BCUT2D eigenvalue weighted by atomic mass is 32.2. The second-order valence-electron chi connectivity index (χ2n) is 5.86. The summed E-state index contributed by atoms with van der Waals surface area (Å²) in [5.41, 5.74) is 0.984. The summed E-state index contributed by atoms with van der Waals surface area (Å²) in [6, 6.07) is 7.52. The Labute approximate surface area is 123 Å². The van der Waals surface area contributed by atoms with Crippen LogP contribution in [0.4, 0.5) is 0 Å². The van der Waals surface area contributed by atoms with E-state index in [0.29, 0.717) is 29.9 Å². The van der Waals surface area contributed by atoms with E-state index in [0.717, 1.165) is 5.56 Å². The van der Waals surface area contributed by atoms with Gasteiger partial charge in [-0.05, 0) is 23.6 Å². The first-order valence-electron chi connectivity index (χ1n) is 7.02. The first-order chi connectivity index (χ1) is 9.23. The molecule has 0 heterocycles. The van der Waals surface area contributed by atoms with Crippen LogP contribution in [-0.2, 0) is 16.6 Å². The molecular weight excluding hydrogens is 272 g/mol. The molecule has 0 aliphatic rings. The Morgan fingerprint density at radius 2 is 1.85 bits per heavy atom. The van der Waals surface area contributed by atoms with Gasteiger partial charge in [0.05, 0.1) is 4.90 Å². The minimum atomic E-state index is -3.39. The van der Waals surface area contributed by atoms with Crippen molar-refractivity contribution in [2.24, 2.45) is 5.92 Å². The number of hydrogen-bond acceptors (Lipinski definition) is 3.